The molecule has 0 radical (unpaired) electrons. The number of urea groups is 1. The van der Waals surface area contributed by atoms with Gasteiger partial charge in [0.25, 0.3) is 0 Å². The summed E-state index contributed by atoms with van der Waals surface area (Å²) in [7, 11) is 2.02. The van der Waals surface area contributed by atoms with Crippen molar-refractivity contribution in [2.75, 3.05) is 33.1 Å². The number of rotatable bonds is 5. The lowest BCUT2D eigenvalue weighted by Gasteiger charge is -2.45. The van der Waals surface area contributed by atoms with E-state index in [9.17, 15) is 13.2 Å². The zero-order valence-corrected chi connectivity index (χ0v) is 21.0. The summed E-state index contributed by atoms with van der Waals surface area (Å²) in [5.41, 5.74) is 2.35. The van der Waals surface area contributed by atoms with Gasteiger partial charge in [0, 0.05) is 28.6 Å². The number of nitrogens with one attached hydrogen (secondary N) is 2. The maximum atomic E-state index is 12.8. The molecule has 2 amide bonds. The number of benzene rings is 2. The lowest BCUT2D eigenvalue weighted by atomic mass is 9.65. The third-order valence-electron chi connectivity index (χ3n) is 7.83. The van der Waals surface area contributed by atoms with E-state index in [0.717, 1.165) is 43.7 Å². The van der Waals surface area contributed by atoms with Gasteiger partial charge in [0.2, 0.25) is 9.84 Å². The number of fused-ring (bicyclic) bond motifs is 2. The Balaban J connectivity index is 1.29. The Hall–Kier alpha value is -3.04. The number of ether oxygens (including phenoxy) is 2. The first-order valence-corrected chi connectivity index (χ1v) is 13.4. The minimum Gasteiger partial charge on any atom is -0.493 e. The van der Waals surface area contributed by atoms with Crippen molar-refractivity contribution in [1.29, 1.82) is 0 Å². The van der Waals surface area contributed by atoms with Crippen LogP contribution in [0.1, 0.15) is 36.8 Å². The predicted molar refractivity (Wildman–Crippen MR) is 135 cm³/mol. The van der Waals surface area contributed by atoms with Crippen LogP contribution in [0, 0.1) is 0 Å². The van der Waals surface area contributed by atoms with Gasteiger partial charge in [-0.25, -0.2) is 13.2 Å². The fourth-order valence-electron chi connectivity index (χ4n) is 5.98. The number of carbonyl (C=O) groups is 1. The van der Waals surface area contributed by atoms with E-state index in [2.05, 4.69) is 34.7 Å². The number of hydrogen-bond donors (Lipinski definition) is 2. The van der Waals surface area contributed by atoms with E-state index in [1.165, 1.54) is 17.0 Å². The van der Waals surface area contributed by atoms with E-state index >= 15 is 0 Å². The minimum atomic E-state index is -3.42. The molecule has 3 atom stereocenters. The molecule has 186 valence electrons. The second kappa shape index (κ2) is 8.87. The van der Waals surface area contributed by atoms with Crippen LogP contribution < -0.4 is 20.1 Å². The number of sulfone groups is 1. The van der Waals surface area contributed by atoms with Crippen LogP contribution in [0.15, 0.2) is 46.7 Å². The molecule has 0 spiro atoms. The van der Waals surface area contributed by atoms with E-state index in [1.54, 1.807) is 32.4 Å². The van der Waals surface area contributed by atoms with Gasteiger partial charge in [-0.2, -0.15) is 0 Å². The van der Waals surface area contributed by atoms with Crippen LogP contribution in [0.25, 0.3) is 6.08 Å². The molecule has 0 unspecified atom stereocenters. The summed E-state index contributed by atoms with van der Waals surface area (Å²) >= 11 is 0. The van der Waals surface area contributed by atoms with Gasteiger partial charge in [-0.3, -0.25) is 0 Å². The lowest BCUT2D eigenvalue weighted by Crippen LogP contribution is -2.52. The zero-order valence-electron chi connectivity index (χ0n) is 20.2. The predicted octanol–water partition coefficient (Wildman–Crippen LogP) is 3.78. The summed E-state index contributed by atoms with van der Waals surface area (Å²) < 4.78 is 35.3. The van der Waals surface area contributed by atoms with Gasteiger partial charge in [0.1, 0.15) is 0 Å². The molecule has 2 aromatic rings. The topological polar surface area (TPSA) is 97.0 Å². The average molecular weight is 498 g/mol. The Bertz CT molecular complexity index is 1290. The molecule has 1 saturated carbocycles. The fraction of sp³-hybridized carbons (Fsp3) is 0.423. The van der Waals surface area contributed by atoms with Gasteiger partial charge >= 0.3 is 6.03 Å². The molecule has 1 saturated heterocycles. The van der Waals surface area contributed by atoms with Crippen molar-refractivity contribution in [2.45, 2.75) is 48.1 Å². The third-order valence-corrected chi connectivity index (χ3v) is 9.29. The highest BCUT2D eigenvalue weighted by Crippen LogP contribution is 2.49. The van der Waals surface area contributed by atoms with Gasteiger partial charge in [-0.15, -0.1) is 0 Å². The molecule has 0 bridgehead atoms. The molecule has 2 heterocycles. The van der Waals surface area contributed by atoms with Crippen molar-refractivity contribution < 1.29 is 22.7 Å². The summed E-state index contributed by atoms with van der Waals surface area (Å²) in [6.45, 7) is 0.996. The number of likely N-dealkylation sites (N-methyl/N-ethyl adjacent to an activating group) is 1. The van der Waals surface area contributed by atoms with Crippen LogP contribution in [0.5, 0.6) is 11.5 Å². The highest BCUT2D eigenvalue weighted by Gasteiger charge is 2.50. The van der Waals surface area contributed by atoms with Crippen molar-refractivity contribution in [1.82, 2.24) is 10.2 Å². The molecule has 2 N–H and O–H groups in total. The van der Waals surface area contributed by atoms with E-state index in [0.29, 0.717) is 11.3 Å². The summed E-state index contributed by atoms with van der Waals surface area (Å²) in [6.07, 6.45) is 5.26. The number of likely N-dealkylation sites (tertiary alicyclic amines) is 1. The fourth-order valence-corrected chi connectivity index (χ4v) is 7.21. The molecule has 9 heteroatoms. The van der Waals surface area contributed by atoms with Gasteiger partial charge in [0.15, 0.2) is 11.5 Å². The normalized spacial score (nSPS) is 26.6. The second-order valence-corrected chi connectivity index (χ2v) is 11.4. The van der Waals surface area contributed by atoms with Crippen molar-refractivity contribution in [2.24, 2.45) is 0 Å². The molecule has 2 aromatic carbocycles. The maximum Gasteiger partial charge on any atom is 0.319 e. The number of hydrogen-bond acceptors (Lipinski definition) is 6. The first-order valence-electron chi connectivity index (χ1n) is 11.8. The van der Waals surface area contributed by atoms with E-state index in [-0.39, 0.29) is 28.4 Å². The van der Waals surface area contributed by atoms with Gasteiger partial charge < -0.3 is 25.0 Å². The smallest absolute Gasteiger partial charge is 0.319 e. The Kier molecular flexibility index (Phi) is 6.01. The van der Waals surface area contributed by atoms with Gasteiger partial charge in [-0.1, -0.05) is 12.1 Å². The molecule has 2 aliphatic heterocycles. The number of carbonyl (C=O) groups excluding carboxylic acids is 1. The molecular weight excluding hydrogens is 466 g/mol. The molecule has 1 aliphatic carbocycles. The van der Waals surface area contributed by atoms with Crippen molar-refractivity contribution in [3.63, 3.8) is 0 Å². The highest BCUT2D eigenvalue weighted by molar-refractivity contribution is 7.94. The average Bonchev–Trinajstić information content (AvgIpc) is 3.35. The first-order chi connectivity index (χ1) is 16.8. The van der Waals surface area contributed by atoms with Crippen LogP contribution >= 0.6 is 0 Å². The molecule has 35 heavy (non-hydrogen) atoms. The van der Waals surface area contributed by atoms with E-state index in [1.807, 2.05) is 6.07 Å². The monoisotopic (exact) mass is 497 g/mol. The molecule has 8 nitrogen and oxygen atoms in total. The zero-order chi connectivity index (χ0) is 24.8. The maximum absolute atomic E-state index is 12.8. The lowest BCUT2D eigenvalue weighted by molar-refractivity contribution is 0.156. The van der Waals surface area contributed by atoms with Crippen LogP contribution in [0.4, 0.5) is 10.5 Å². The molecule has 2 fully saturated rings. The van der Waals surface area contributed by atoms with Gasteiger partial charge in [0.05, 0.1) is 19.1 Å². The molecular formula is C26H31N3O5S. The number of nitrogens with zero attached hydrogens (tertiary/aromatic N) is 1. The molecule has 3 aliphatic rings. The van der Waals surface area contributed by atoms with E-state index in [4.69, 9.17) is 9.47 Å². The van der Waals surface area contributed by atoms with Crippen molar-refractivity contribution in [3.05, 3.63) is 52.9 Å². The number of amides is 2. The Morgan fingerprint density at radius 3 is 2.66 bits per heavy atom. The quantitative estimate of drug-likeness (QED) is 0.653. The minimum absolute atomic E-state index is 0.00427. The Morgan fingerprint density at radius 1 is 1.09 bits per heavy atom. The summed E-state index contributed by atoms with van der Waals surface area (Å²) in [5, 5.41) is 7.11. The molecule has 5 rings (SSSR count). The largest absolute Gasteiger partial charge is 0.493 e. The summed E-state index contributed by atoms with van der Waals surface area (Å²) in [4.78, 5) is 15.4. The van der Waals surface area contributed by atoms with Crippen molar-refractivity contribution in [3.8, 4) is 11.5 Å². The Labute approximate surface area is 206 Å². The van der Waals surface area contributed by atoms with Gasteiger partial charge in [-0.05, 0) is 80.7 Å². The van der Waals surface area contributed by atoms with Crippen molar-refractivity contribution >= 4 is 27.6 Å². The summed E-state index contributed by atoms with van der Waals surface area (Å²) in [5.74, 6) is 1.46. The SMILES string of the molecule is COc1ccc([C@@]23CC[C@@H](NC(=O)Nc4ccc5c(c4)S(=O)(=O)C=C5)C[C@@H]2N(C)CC3)cc1OC. The summed E-state index contributed by atoms with van der Waals surface area (Å²) in [6, 6.07) is 11.1. The van der Waals surface area contributed by atoms with Crippen LogP contribution in [0.2, 0.25) is 0 Å². The third kappa shape index (κ3) is 4.16. The number of methoxy groups -OCH3 is 2. The first kappa shape index (κ1) is 23.7. The van der Waals surface area contributed by atoms with Crippen LogP contribution in [0.3, 0.4) is 0 Å². The highest BCUT2D eigenvalue weighted by atomic mass is 32.2. The Morgan fingerprint density at radius 2 is 1.89 bits per heavy atom. The second-order valence-electron chi connectivity index (χ2n) is 9.64. The number of anilines is 1. The molecule has 0 aromatic heterocycles. The van der Waals surface area contributed by atoms with Crippen LogP contribution in [-0.4, -0.2) is 59.2 Å². The van der Waals surface area contributed by atoms with E-state index < -0.39 is 9.84 Å². The van der Waals surface area contributed by atoms with Crippen LogP contribution in [-0.2, 0) is 15.3 Å². The standard InChI is InChI=1S/C26H31N3O5S/c1-29-12-11-26(18-5-7-21(33-2)22(14-18)34-3)10-8-20(16-24(26)29)28-25(30)27-19-6-4-17-9-13-35(31,32)23(17)15-19/h4-7,9,13-15,20,24H,8,10-12,16H2,1-3H3,(H2,27,28,30)/t20-,24+,26+/m1/s1.